The van der Waals surface area contributed by atoms with Crippen LogP contribution >= 0.6 is 0 Å². The molecule has 2 aromatic carbocycles. The molecule has 1 aliphatic rings. The lowest BCUT2D eigenvalue weighted by Gasteiger charge is -2.20. The molecule has 35 heavy (non-hydrogen) atoms. The summed E-state index contributed by atoms with van der Waals surface area (Å²) in [4.78, 5) is 25.5. The number of rotatable bonds is 4. The summed E-state index contributed by atoms with van der Waals surface area (Å²) in [6.45, 7) is 10.3. The molecule has 0 bridgehead atoms. The van der Waals surface area contributed by atoms with Crippen LogP contribution in [0, 0.1) is 19.3 Å². The number of aryl methyl sites for hydroxylation is 1. The molecule has 2 aromatic heterocycles. The molecule has 0 unspecified atom stereocenters. The van der Waals surface area contributed by atoms with Crippen molar-refractivity contribution in [3.63, 3.8) is 0 Å². The van der Waals surface area contributed by atoms with Crippen molar-refractivity contribution in [3.8, 4) is 17.1 Å². The second-order valence-electron chi connectivity index (χ2n) is 9.19. The number of aromatic nitrogens is 4. The first-order valence-electron chi connectivity index (χ1n) is 11.4. The Kier molecular flexibility index (Phi) is 5.61. The van der Waals surface area contributed by atoms with Crippen LogP contribution in [0.3, 0.4) is 0 Å². The van der Waals surface area contributed by atoms with E-state index in [1.54, 1.807) is 10.7 Å². The van der Waals surface area contributed by atoms with E-state index in [-0.39, 0.29) is 11.6 Å². The molecule has 0 N–H and O–H groups in total. The van der Waals surface area contributed by atoms with E-state index in [2.05, 4.69) is 14.8 Å². The van der Waals surface area contributed by atoms with Gasteiger partial charge in [-0.15, -0.1) is 0 Å². The molecule has 3 heterocycles. The summed E-state index contributed by atoms with van der Waals surface area (Å²) >= 11 is 0. The van der Waals surface area contributed by atoms with Crippen molar-refractivity contribution >= 4 is 22.5 Å². The Morgan fingerprint density at radius 1 is 1.23 bits per heavy atom. The number of benzene rings is 2. The first-order valence-corrected chi connectivity index (χ1v) is 11.4. The Morgan fingerprint density at radius 3 is 2.71 bits per heavy atom. The molecule has 178 valence electrons. The second-order valence-corrected chi connectivity index (χ2v) is 9.19. The maximum atomic E-state index is 14.6. The molecule has 1 aliphatic heterocycles. The van der Waals surface area contributed by atoms with Crippen molar-refractivity contribution < 1.29 is 9.18 Å². The average Bonchev–Trinajstić information content (AvgIpc) is 3.54. The fourth-order valence-electron chi connectivity index (χ4n) is 4.72. The molecule has 1 atom stereocenters. The third kappa shape index (κ3) is 3.96. The molecule has 0 saturated carbocycles. The third-order valence-electron chi connectivity index (χ3n) is 6.68. The fourth-order valence-corrected chi connectivity index (χ4v) is 4.72. The second kappa shape index (κ2) is 8.64. The maximum Gasteiger partial charge on any atom is 0.274 e. The van der Waals surface area contributed by atoms with Gasteiger partial charge in [-0.05, 0) is 51.7 Å². The lowest BCUT2D eigenvalue weighted by Crippen LogP contribution is -2.34. The number of fused-ring (bicyclic) bond motifs is 1. The molecule has 0 radical (unpaired) electrons. The number of carbonyl (C=O) groups excluding carboxylic acids is 1. The highest BCUT2D eigenvalue weighted by atomic mass is 19.1. The zero-order chi connectivity index (χ0) is 24.9. The molecule has 1 saturated heterocycles. The Morgan fingerprint density at radius 2 is 2.03 bits per heavy atom. The first kappa shape index (κ1) is 22.7. The lowest BCUT2D eigenvalue weighted by molar-refractivity contribution is 0.0777. The third-order valence-corrected chi connectivity index (χ3v) is 6.68. The van der Waals surface area contributed by atoms with Crippen LogP contribution in [0.2, 0.25) is 0 Å². The monoisotopic (exact) mass is 471 g/mol. The molecule has 0 aliphatic carbocycles. The van der Waals surface area contributed by atoms with Crippen LogP contribution in [0.25, 0.3) is 32.8 Å². The molecular weight excluding hydrogens is 445 g/mol. The van der Waals surface area contributed by atoms with Gasteiger partial charge in [-0.25, -0.2) is 14.2 Å². The van der Waals surface area contributed by atoms with E-state index in [4.69, 9.17) is 11.6 Å². The highest BCUT2D eigenvalue weighted by molar-refractivity contribution is 5.95. The van der Waals surface area contributed by atoms with Crippen LogP contribution in [0.1, 0.15) is 22.6 Å². The summed E-state index contributed by atoms with van der Waals surface area (Å²) < 4.78 is 18.2. The van der Waals surface area contributed by atoms with Crippen molar-refractivity contribution in [1.82, 2.24) is 29.1 Å². The van der Waals surface area contributed by atoms with Gasteiger partial charge in [0, 0.05) is 49.0 Å². The van der Waals surface area contributed by atoms with Crippen LogP contribution in [-0.4, -0.2) is 68.3 Å². The van der Waals surface area contributed by atoms with Crippen molar-refractivity contribution in [2.75, 3.05) is 27.2 Å². The average molecular weight is 472 g/mol. The van der Waals surface area contributed by atoms with E-state index in [1.165, 1.54) is 12.1 Å². The summed E-state index contributed by atoms with van der Waals surface area (Å²) in [7, 11) is 5.91. The van der Waals surface area contributed by atoms with E-state index in [0.29, 0.717) is 41.9 Å². The van der Waals surface area contributed by atoms with Gasteiger partial charge < -0.3 is 9.80 Å². The van der Waals surface area contributed by atoms with E-state index in [1.807, 2.05) is 61.9 Å². The smallest absolute Gasteiger partial charge is 0.274 e. The van der Waals surface area contributed by atoms with Gasteiger partial charge in [-0.3, -0.25) is 14.0 Å². The molecule has 1 amide bonds. The summed E-state index contributed by atoms with van der Waals surface area (Å²) in [6.07, 6.45) is 2.83. The Balaban J connectivity index is 1.65. The van der Waals surface area contributed by atoms with Crippen LogP contribution in [0.4, 0.5) is 10.1 Å². The number of hydrogen-bond donors (Lipinski definition) is 0. The van der Waals surface area contributed by atoms with Crippen molar-refractivity contribution in [2.24, 2.45) is 7.05 Å². The van der Waals surface area contributed by atoms with E-state index >= 15 is 0 Å². The fraction of sp³-hybridized carbons (Fsp3) is 0.308. The number of amides is 1. The van der Waals surface area contributed by atoms with Crippen molar-refractivity contribution in [1.29, 1.82) is 0 Å². The van der Waals surface area contributed by atoms with Crippen LogP contribution in [-0.2, 0) is 7.05 Å². The van der Waals surface area contributed by atoms with Gasteiger partial charge >= 0.3 is 0 Å². The van der Waals surface area contributed by atoms with E-state index < -0.39 is 5.82 Å². The molecule has 5 rings (SSSR count). The number of likely N-dealkylation sites (tertiary alicyclic amines) is 1. The highest BCUT2D eigenvalue weighted by Crippen LogP contribution is 2.31. The topological polar surface area (TPSA) is 63.6 Å². The van der Waals surface area contributed by atoms with Crippen LogP contribution < -0.4 is 0 Å². The predicted molar refractivity (Wildman–Crippen MR) is 132 cm³/mol. The molecule has 8 nitrogen and oxygen atoms in total. The largest absolute Gasteiger partial charge is 0.336 e. The predicted octanol–water partition coefficient (Wildman–Crippen LogP) is 4.20. The zero-order valence-corrected chi connectivity index (χ0v) is 20.2. The zero-order valence-electron chi connectivity index (χ0n) is 20.2. The summed E-state index contributed by atoms with van der Waals surface area (Å²) in [5, 5.41) is 5.38. The Bertz CT molecular complexity index is 1490. The lowest BCUT2D eigenvalue weighted by atomic mass is 10.1. The van der Waals surface area contributed by atoms with Crippen molar-refractivity contribution in [2.45, 2.75) is 19.4 Å². The summed E-state index contributed by atoms with van der Waals surface area (Å²) in [6, 6.07) is 10.5. The van der Waals surface area contributed by atoms with Crippen molar-refractivity contribution in [3.05, 3.63) is 71.2 Å². The Labute approximate surface area is 203 Å². The van der Waals surface area contributed by atoms with Gasteiger partial charge in [0.25, 0.3) is 5.91 Å². The number of halogens is 1. The minimum Gasteiger partial charge on any atom is -0.336 e. The quantitative estimate of drug-likeness (QED) is 0.419. The Hall–Kier alpha value is -4.03. The normalized spacial score (nSPS) is 15.8. The van der Waals surface area contributed by atoms with E-state index in [0.717, 1.165) is 23.0 Å². The standard InChI is InChI=1S/C26H26FN7O/c1-16-24(26(35)33-11-10-20(15-33)31(3)4)29-25(17-6-8-23(28-2)21(27)13-17)34(16)19-7-9-22-18(12-19)14-32(5)30-22/h6-9,12-14,20H,10-11,15H2,1,3-5H3/t20-/m0/s1. The minimum absolute atomic E-state index is 0.0524. The molecule has 9 heteroatoms. The maximum absolute atomic E-state index is 14.6. The summed E-state index contributed by atoms with van der Waals surface area (Å²) in [5.74, 6) is -0.297. The number of likely N-dealkylation sites (N-methyl/N-ethyl adjacent to an activating group) is 1. The van der Waals surface area contributed by atoms with Gasteiger partial charge in [-0.2, -0.15) is 5.10 Å². The molecule has 4 aromatic rings. The molecule has 1 fully saturated rings. The van der Waals surface area contributed by atoms with E-state index in [9.17, 15) is 9.18 Å². The van der Waals surface area contributed by atoms with Gasteiger partial charge in [0.15, 0.2) is 0 Å². The highest BCUT2D eigenvalue weighted by Gasteiger charge is 2.32. The number of imidazole rings is 1. The first-order chi connectivity index (χ1) is 16.8. The minimum atomic E-state index is -0.617. The van der Waals surface area contributed by atoms with Crippen LogP contribution in [0.5, 0.6) is 0 Å². The molecule has 0 spiro atoms. The number of nitrogens with zero attached hydrogens (tertiary/aromatic N) is 7. The number of carbonyl (C=O) groups is 1. The van der Waals surface area contributed by atoms with Gasteiger partial charge in [-0.1, -0.05) is 12.1 Å². The van der Waals surface area contributed by atoms with Gasteiger partial charge in [0.1, 0.15) is 17.3 Å². The van der Waals surface area contributed by atoms with Crippen LogP contribution in [0.15, 0.2) is 42.6 Å². The number of hydrogen-bond acceptors (Lipinski definition) is 4. The molecular formula is C26H26FN7O. The van der Waals surface area contributed by atoms with Gasteiger partial charge in [0.05, 0.1) is 17.8 Å². The SMILES string of the molecule is [C-]#[N+]c1ccc(-c2nc(C(=O)N3CC[C@H](N(C)C)C3)c(C)n2-c2ccc3nn(C)cc3c2)cc1F. The van der Waals surface area contributed by atoms with Gasteiger partial charge in [0.2, 0.25) is 5.69 Å². The summed E-state index contributed by atoms with van der Waals surface area (Å²) in [5.41, 5.74) is 3.12.